The number of carbonyl (C=O) groups excluding carboxylic acids is 1. The Morgan fingerprint density at radius 1 is 1.45 bits per heavy atom. The molecule has 0 radical (unpaired) electrons. The molecule has 0 unspecified atom stereocenters. The number of likely N-dealkylation sites (tertiary alicyclic amines) is 1. The van der Waals surface area contributed by atoms with Crippen LogP contribution in [0.25, 0.3) is 22.8 Å². The summed E-state index contributed by atoms with van der Waals surface area (Å²) in [5, 5.41) is 9.55. The van der Waals surface area contributed by atoms with Crippen molar-refractivity contribution >= 4 is 62.5 Å². The Kier molecular flexibility index (Phi) is 7.60. The number of aromatic nitrogens is 2. The summed E-state index contributed by atoms with van der Waals surface area (Å²) in [6, 6.07) is 3.21. The number of benzene rings is 1. The Morgan fingerprint density at radius 3 is 2.90 bits per heavy atom. The minimum Gasteiger partial charge on any atom is -0.489 e. The number of nitrogen functional groups attached to an aromatic ring is 1. The van der Waals surface area contributed by atoms with Gasteiger partial charge < -0.3 is 25.0 Å². The number of methoxy groups -OCH3 is 1. The summed E-state index contributed by atoms with van der Waals surface area (Å²) in [5.41, 5.74) is 5.80. The van der Waals surface area contributed by atoms with Crippen molar-refractivity contribution in [3.05, 3.63) is 57.7 Å². The summed E-state index contributed by atoms with van der Waals surface area (Å²) in [6.45, 7) is 5.87. The molecule has 0 atom stereocenters. The molecule has 206 valence electrons. The average molecular weight is 585 g/mol. The summed E-state index contributed by atoms with van der Waals surface area (Å²) in [6.07, 6.45) is 5.02. The summed E-state index contributed by atoms with van der Waals surface area (Å²) >= 11 is 7.58. The highest BCUT2D eigenvalue weighted by atomic mass is 35.5. The number of hydrogen-bond acceptors (Lipinski definition) is 9. The van der Waals surface area contributed by atoms with Crippen molar-refractivity contribution in [2.75, 3.05) is 50.5 Å². The molecule has 13 heteroatoms. The smallest absolute Gasteiger partial charge is 0.318 e. The van der Waals surface area contributed by atoms with E-state index in [1.807, 2.05) is 11.0 Å². The number of nitrogens with zero attached hydrogens (tertiary/aromatic N) is 5. The molecule has 3 aromatic rings. The molecule has 2 aliphatic rings. The van der Waals surface area contributed by atoms with Crippen molar-refractivity contribution in [3.8, 4) is 17.8 Å². The lowest BCUT2D eigenvalue weighted by molar-refractivity contribution is -0.131. The van der Waals surface area contributed by atoms with Crippen molar-refractivity contribution in [2.45, 2.75) is 0 Å². The molecule has 2 aliphatic heterocycles. The van der Waals surface area contributed by atoms with Crippen LogP contribution in [0.1, 0.15) is 16.0 Å². The first kappa shape index (κ1) is 27.4. The number of nitriles is 1. The lowest BCUT2D eigenvalue weighted by Crippen LogP contribution is -2.53. The molecule has 1 aromatic carbocycles. The van der Waals surface area contributed by atoms with Gasteiger partial charge in [0.2, 0.25) is 5.91 Å². The SMILES string of the molecule is C=CC(=O)N1CC(CN2CCOc3c(Cl)c(/C=C/C=C(/F)c4cc(C#N)c(N)s4)c(F)c4nc(OC)nc2c34)C1. The van der Waals surface area contributed by atoms with Crippen LogP contribution in [0.15, 0.2) is 30.9 Å². The quantitative estimate of drug-likeness (QED) is 0.310. The Hall–Kier alpha value is -4.21. The maximum atomic E-state index is 15.9. The zero-order chi connectivity index (χ0) is 28.6. The van der Waals surface area contributed by atoms with Gasteiger partial charge in [-0.05, 0) is 18.2 Å². The molecule has 1 saturated heterocycles. The van der Waals surface area contributed by atoms with Gasteiger partial charge in [-0.15, -0.1) is 11.3 Å². The number of allylic oxidation sites excluding steroid dienone is 2. The van der Waals surface area contributed by atoms with Gasteiger partial charge in [0.25, 0.3) is 0 Å². The second-order valence-electron chi connectivity index (χ2n) is 9.11. The van der Waals surface area contributed by atoms with Crippen molar-refractivity contribution in [1.29, 1.82) is 5.26 Å². The molecule has 0 saturated carbocycles. The number of ether oxygens (including phenoxy) is 2. The van der Waals surface area contributed by atoms with Crippen LogP contribution >= 0.6 is 22.9 Å². The van der Waals surface area contributed by atoms with Gasteiger partial charge in [0.15, 0.2) is 11.6 Å². The predicted molar refractivity (Wildman–Crippen MR) is 151 cm³/mol. The fraction of sp³-hybridized carbons (Fsp3) is 0.259. The number of carbonyl (C=O) groups is 1. The number of amides is 1. The second-order valence-corrected chi connectivity index (χ2v) is 10.6. The van der Waals surface area contributed by atoms with Gasteiger partial charge in [-0.3, -0.25) is 4.79 Å². The molecule has 1 fully saturated rings. The van der Waals surface area contributed by atoms with E-state index in [4.69, 9.17) is 32.1 Å². The van der Waals surface area contributed by atoms with Gasteiger partial charge in [0.05, 0.1) is 34.5 Å². The normalized spacial score (nSPS) is 15.5. The summed E-state index contributed by atoms with van der Waals surface area (Å²) in [4.78, 5) is 24.4. The molecule has 5 rings (SSSR count). The Morgan fingerprint density at radius 2 is 2.23 bits per heavy atom. The Balaban J connectivity index is 1.51. The van der Waals surface area contributed by atoms with Crippen LogP contribution in [-0.4, -0.2) is 60.7 Å². The molecule has 40 heavy (non-hydrogen) atoms. The van der Waals surface area contributed by atoms with Crippen LogP contribution in [0.5, 0.6) is 11.8 Å². The molecule has 0 aliphatic carbocycles. The third-order valence-electron chi connectivity index (χ3n) is 6.61. The van der Waals surface area contributed by atoms with Crippen molar-refractivity contribution < 1.29 is 23.0 Å². The van der Waals surface area contributed by atoms with E-state index in [0.29, 0.717) is 37.4 Å². The molecule has 1 amide bonds. The number of rotatable bonds is 7. The van der Waals surface area contributed by atoms with Gasteiger partial charge in [-0.25, -0.2) is 8.78 Å². The van der Waals surface area contributed by atoms with E-state index in [1.165, 1.54) is 31.4 Å². The van der Waals surface area contributed by atoms with Crippen molar-refractivity contribution in [3.63, 3.8) is 0 Å². The third-order valence-corrected chi connectivity index (χ3v) is 7.96. The second kappa shape index (κ2) is 11.1. The highest BCUT2D eigenvalue weighted by molar-refractivity contribution is 7.17. The standard InChI is InChI=1S/C27H23ClF2N6O3S/c1-3-19(37)36-12-14(13-36)11-35-7-8-39-24-20-23(33-27(38-2)34-26(20)35)22(30)16(21(24)28)5-4-6-17(29)18-9-15(10-31)25(32)40-18/h3-6,9,14H,1,7-8,11-13,32H2,2H3/b5-4+,17-6+. The maximum absolute atomic E-state index is 15.9. The molecule has 2 N–H and O–H groups in total. The first-order valence-electron chi connectivity index (χ1n) is 12.1. The highest BCUT2D eigenvalue weighted by Crippen LogP contribution is 2.45. The van der Waals surface area contributed by atoms with E-state index in [9.17, 15) is 9.18 Å². The van der Waals surface area contributed by atoms with Gasteiger partial charge >= 0.3 is 6.01 Å². The summed E-state index contributed by atoms with van der Waals surface area (Å²) in [7, 11) is 1.38. The van der Waals surface area contributed by atoms with Crippen LogP contribution in [0, 0.1) is 23.1 Å². The largest absolute Gasteiger partial charge is 0.489 e. The third kappa shape index (κ3) is 4.94. The Bertz CT molecular complexity index is 1630. The van der Waals surface area contributed by atoms with Crippen LogP contribution < -0.4 is 20.1 Å². The van der Waals surface area contributed by atoms with Gasteiger partial charge in [0.1, 0.15) is 34.8 Å². The first-order valence-corrected chi connectivity index (χ1v) is 13.3. The monoisotopic (exact) mass is 584 g/mol. The summed E-state index contributed by atoms with van der Waals surface area (Å²) < 4.78 is 41.9. The topological polar surface area (TPSA) is 118 Å². The number of anilines is 2. The number of thiophene rings is 1. The van der Waals surface area contributed by atoms with Crippen LogP contribution in [-0.2, 0) is 4.79 Å². The first-order chi connectivity index (χ1) is 19.2. The number of halogens is 3. The molecular formula is C27H23ClF2N6O3S. The van der Waals surface area contributed by atoms with Crippen molar-refractivity contribution in [1.82, 2.24) is 14.9 Å². The molecule has 0 bridgehead atoms. The lowest BCUT2D eigenvalue weighted by Gasteiger charge is -2.41. The van der Waals surface area contributed by atoms with E-state index in [1.54, 1.807) is 4.90 Å². The predicted octanol–water partition coefficient (Wildman–Crippen LogP) is 4.81. The van der Waals surface area contributed by atoms with Crippen LogP contribution in [0.4, 0.5) is 19.6 Å². The lowest BCUT2D eigenvalue weighted by atomic mass is 9.99. The van der Waals surface area contributed by atoms with Crippen LogP contribution in [0.3, 0.4) is 0 Å². The highest BCUT2D eigenvalue weighted by Gasteiger charge is 2.34. The zero-order valence-electron chi connectivity index (χ0n) is 21.3. The van der Waals surface area contributed by atoms with E-state index in [2.05, 4.69) is 16.5 Å². The minimum absolute atomic E-state index is 0.00883. The molecule has 4 heterocycles. The van der Waals surface area contributed by atoms with Gasteiger partial charge in [-0.2, -0.15) is 15.2 Å². The van der Waals surface area contributed by atoms with E-state index < -0.39 is 11.6 Å². The fourth-order valence-corrected chi connectivity index (χ4v) is 5.71. The van der Waals surface area contributed by atoms with Gasteiger partial charge in [0, 0.05) is 31.1 Å². The van der Waals surface area contributed by atoms with E-state index in [0.717, 1.165) is 17.4 Å². The fourth-order valence-electron chi connectivity index (χ4n) is 4.62. The van der Waals surface area contributed by atoms with Gasteiger partial charge in [-0.1, -0.05) is 30.3 Å². The van der Waals surface area contributed by atoms with E-state index >= 15 is 4.39 Å². The molecular weight excluding hydrogens is 562 g/mol. The molecule has 2 aromatic heterocycles. The molecule has 0 spiro atoms. The van der Waals surface area contributed by atoms with Crippen molar-refractivity contribution in [2.24, 2.45) is 5.92 Å². The number of nitrogens with two attached hydrogens (primary N) is 1. The summed E-state index contributed by atoms with van der Waals surface area (Å²) in [5.74, 6) is -0.721. The van der Waals surface area contributed by atoms with Crippen LogP contribution in [0.2, 0.25) is 5.02 Å². The average Bonchev–Trinajstić information content (AvgIpc) is 3.22. The number of hydrogen-bond donors (Lipinski definition) is 1. The Labute approximate surface area is 237 Å². The zero-order valence-corrected chi connectivity index (χ0v) is 22.9. The van der Waals surface area contributed by atoms with E-state index in [-0.39, 0.29) is 61.7 Å². The maximum Gasteiger partial charge on any atom is 0.318 e. The minimum atomic E-state index is -0.750. The molecule has 9 nitrogen and oxygen atoms in total.